The van der Waals surface area contributed by atoms with Gasteiger partial charge in [-0.3, -0.25) is 14.5 Å². The Morgan fingerprint density at radius 2 is 2.13 bits per heavy atom. The third kappa shape index (κ3) is 3.11. The van der Waals surface area contributed by atoms with Gasteiger partial charge in [-0.1, -0.05) is 24.3 Å². The maximum atomic E-state index is 12.6. The van der Waals surface area contributed by atoms with Gasteiger partial charge in [0.05, 0.1) is 4.88 Å². The first kappa shape index (κ1) is 15.6. The minimum Gasteiger partial charge on any atom is -0.324 e. The fourth-order valence-electron chi connectivity index (χ4n) is 2.31. The van der Waals surface area contributed by atoms with Crippen LogP contribution in [0.5, 0.6) is 0 Å². The monoisotopic (exact) mass is 344 g/mol. The van der Waals surface area contributed by atoms with Crippen molar-refractivity contribution in [2.75, 3.05) is 5.32 Å². The number of nitrogens with one attached hydrogen (secondary N) is 2. The number of aryl methyl sites for hydroxylation is 1. The summed E-state index contributed by atoms with van der Waals surface area (Å²) in [5.74, 6) is 0.548. The summed E-state index contributed by atoms with van der Waals surface area (Å²) in [6, 6.07) is 11.1. The van der Waals surface area contributed by atoms with E-state index in [2.05, 4.69) is 15.5 Å². The van der Waals surface area contributed by atoms with Crippen LogP contribution in [0, 0.1) is 11.7 Å². The molecule has 1 unspecified atom stereocenters. The van der Waals surface area contributed by atoms with Crippen molar-refractivity contribution in [1.82, 2.24) is 14.8 Å². The van der Waals surface area contributed by atoms with Crippen LogP contribution < -0.4 is 5.32 Å². The molecule has 2 heterocycles. The van der Waals surface area contributed by atoms with Crippen molar-refractivity contribution in [2.45, 2.75) is 19.9 Å². The van der Waals surface area contributed by atoms with Crippen LogP contribution in [0.25, 0.3) is 10.7 Å². The van der Waals surface area contributed by atoms with Crippen molar-refractivity contribution < 1.29 is 4.79 Å². The largest absolute Gasteiger partial charge is 0.324 e. The van der Waals surface area contributed by atoms with E-state index in [9.17, 15) is 4.79 Å². The molecule has 0 saturated carbocycles. The van der Waals surface area contributed by atoms with E-state index >= 15 is 0 Å². The zero-order valence-electron chi connectivity index (χ0n) is 12.7. The number of nitrogens with zero attached hydrogens (tertiary/aromatic N) is 2. The molecule has 2 N–H and O–H groups in total. The van der Waals surface area contributed by atoms with E-state index in [4.69, 9.17) is 12.2 Å². The number of carbonyl (C=O) groups excluding carboxylic acids is 1. The molecule has 0 fully saturated rings. The van der Waals surface area contributed by atoms with Gasteiger partial charge in [-0.2, -0.15) is 5.10 Å². The number of benzene rings is 1. The summed E-state index contributed by atoms with van der Waals surface area (Å²) in [5, 5.41) is 12.0. The molecular weight excluding hydrogens is 328 g/mol. The van der Waals surface area contributed by atoms with Crippen molar-refractivity contribution in [2.24, 2.45) is 0 Å². The molecule has 3 aromatic rings. The molecule has 0 aliphatic rings. The Hall–Kier alpha value is -2.25. The van der Waals surface area contributed by atoms with Crippen LogP contribution in [0.4, 0.5) is 5.69 Å². The number of rotatable bonds is 4. The van der Waals surface area contributed by atoms with E-state index in [-0.39, 0.29) is 5.91 Å². The maximum absolute atomic E-state index is 12.6. The standard InChI is InChI=1S/C16H16N4OS2/c1-10-6-3-4-7-12(10)17-15(21)11(2)20-14(18-19-16(20)22)13-8-5-9-23-13/h3-9,11H,1-2H3,(H,17,21)(H,19,22). The summed E-state index contributed by atoms with van der Waals surface area (Å²) >= 11 is 6.86. The fraction of sp³-hybridized carbons (Fsp3) is 0.188. The fourth-order valence-corrected chi connectivity index (χ4v) is 3.31. The van der Waals surface area contributed by atoms with E-state index < -0.39 is 6.04 Å². The Kier molecular flexibility index (Phi) is 4.40. The van der Waals surface area contributed by atoms with Crippen molar-refractivity contribution in [1.29, 1.82) is 0 Å². The number of hydrogen-bond donors (Lipinski definition) is 2. The molecule has 1 aromatic carbocycles. The van der Waals surface area contributed by atoms with E-state index in [0.717, 1.165) is 16.1 Å². The van der Waals surface area contributed by atoms with E-state index in [1.165, 1.54) is 0 Å². The molecule has 1 atom stereocenters. The van der Waals surface area contributed by atoms with Gasteiger partial charge in [0.15, 0.2) is 10.6 Å². The Morgan fingerprint density at radius 3 is 2.83 bits per heavy atom. The summed E-state index contributed by atoms with van der Waals surface area (Å²) in [6.07, 6.45) is 0. The number of carbonyl (C=O) groups is 1. The second kappa shape index (κ2) is 6.47. The van der Waals surface area contributed by atoms with Crippen LogP contribution in [0.2, 0.25) is 0 Å². The molecule has 0 radical (unpaired) electrons. The van der Waals surface area contributed by atoms with Gasteiger partial charge in [0.25, 0.3) is 0 Å². The lowest BCUT2D eigenvalue weighted by molar-refractivity contribution is -0.118. The molecule has 23 heavy (non-hydrogen) atoms. The van der Waals surface area contributed by atoms with Gasteiger partial charge in [-0.05, 0) is 49.1 Å². The van der Waals surface area contributed by atoms with Gasteiger partial charge in [0.1, 0.15) is 6.04 Å². The minimum absolute atomic E-state index is 0.130. The predicted molar refractivity (Wildman–Crippen MR) is 95.2 cm³/mol. The number of aromatic nitrogens is 3. The molecular formula is C16H16N4OS2. The van der Waals surface area contributed by atoms with Gasteiger partial charge in [0, 0.05) is 5.69 Å². The second-order valence-electron chi connectivity index (χ2n) is 5.18. The van der Waals surface area contributed by atoms with Gasteiger partial charge >= 0.3 is 0 Å². The molecule has 0 saturated heterocycles. The van der Waals surface area contributed by atoms with Crippen molar-refractivity contribution in [3.63, 3.8) is 0 Å². The van der Waals surface area contributed by atoms with E-state index in [1.54, 1.807) is 15.9 Å². The van der Waals surface area contributed by atoms with Crippen LogP contribution in [-0.4, -0.2) is 20.7 Å². The van der Waals surface area contributed by atoms with Gasteiger partial charge in [-0.25, -0.2) is 0 Å². The molecule has 0 bridgehead atoms. The lowest BCUT2D eigenvalue weighted by Crippen LogP contribution is -2.24. The normalized spacial score (nSPS) is 12.1. The Balaban J connectivity index is 1.90. The number of amides is 1. The lowest BCUT2D eigenvalue weighted by Gasteiger charge is -2.16. The zero-order chi connectivity index (χ0) is 16.4. The first-order valence-corrected chi connectivity index (χ1v) is 8.44. The molecule has 0 spiro atoms. The second-order valence-corrected chi connectivity index (χ2v) is 6.51. The minimum atomic E-state index is -0.474. The number of thiophene rings is 1. The number of aromatic amines is 1. The molecule has 118 valence electrons. The number of H-pyrrole nitrogens is 1. The number of anilines is 1. The van der Waals surface area contributed by atoms with Gasteiger partial charge < -0.3 is 5.32 Å². The van der Waals surface area contributed by atoms with E-state index in [1.807, 2.05) is 55.6 Å². The molecule has 0 aliphatic heterocycles. The lowest BCUT2D eigenvalue weighted by atomic mass is 10.2. The topological polar surface area (TPSA) is 62.7 Å². The quantitative estimate of drug-likeness (QED) is 0.698. The van der Waals surface area contributed by atoms with Crippen molar-refractivity contribution in [3.05, 3.63) is 52.1 Å². The number of para-hydroxylation sites is 1. The molecule has 5 nitrogen and oxygen atoms in total. The molecule has 1 amide bonds. The zero-order valence-corrected chi connectivity index (χ0v) is 14.4. The van der Waals surface area contributed by atoms with Gasteiger partial charge in [0.2, 0.25) is 5.91 Å². The molecule has 0 aliphatic carbocycles. The number of hydrogen-bond acceptors (Lipinski definition) is 4. The van der Waals surface area contributed by atoms with Crippen LogP contribution >= 0.6 is 23.6 Å². The molecule has 3 rings (SSSR count). The smallest absolute Gasteiger partial charge is 0.247 e. The summed E-state index contributed by atoms with van der Waals surface area (Å²) in [4.78, 5) is 13.6. The highest BCUT2D eigenvalue weighted by molar-refractivity contribution is 7.71. The van der Waals surface area contributed by atoms with Crippen molar-refractivity contribution in [3.8, 4) is 10.7 Å². The Labute approximate surface area is 143 Å². The molecule has 2 aromatic heterocycles. The Bertz CT molecular complexity index is 880. The van der Waals surface area contributed by atoms with Crippen LogP contribution in [0.1, 0.15) is 18.5 Å². The van der Waals surface area contributed by atoms with Gasteiger partial charge in [-0.15, -0.1) is 11.3 Å². The average Bonchev–Trinajstić information content (AvgIpc) is 3.18. The summed E-state index contributed by atoms with van der Waals surface area (Å²) in [6.45, 7) is 3.77. The van der Waals surface area contributed by atoms with E-state index in [0.29, 0.717) is 10.6 Å². The summed E-state index contributed by atoms with van der Waals surface area (Å²) in [7, 11) is 0. The van der Waals surface area contributed by atoms with Crippen LogP contribution in [0.3, 0.4) is 0 Å². The maximum Gasteiger partial charge on any atom is 0.247 e. The third-order valence-electron chi connectivity index (χ3n) is 3.62. The highest BCUT2D eigenvalue weighted by Crippen LogP contribution is 2.26. The summed E-state index contributed by atoms with van der Waals surface area (Å²) < 4.78 is 2.18. The van der Waals surface area contributed by atoms with Crippen molar-refractivity contribution >= 4 is 35.1 Å². The highest BCUT2D eigenvalue weighted by atomic mass is 32.1. The third-order valence-corrected chi connectivity index (χ3v) is 4.77. The molecule has 7 heteroatoms. The SMILES string of the molecule is Cc1ccccc1NC(=O)C(C)n1c(-c2cccs2)n[nH]c1=S. The highest BCUT2D eigenvalue weighted by Gasteiger charge is 2.21. The first-order chi connectivity index (χ1) is 11.1. The van der Waals surface area contributed by atoms with Crippen LogP contribution in [-0.2, 0) is 4.79 Å². The first-order valence-electron chi connectivity index (χ1n) is 7.15. The summed E-state index contributed by atoms with van der Waals surface area (Å²) in [5.41, 5.74) is 1.82. The average molecular weight is 344 g/mol. The predicted octanol–water partition coefficient (Wildman–Crippen LogP) is 4.18. The Morgan fingerprint density at radius 1 is 1.35 bits per heavy atom. The van der Waals surface area contributed by atoms with Crippen LogP contribution in [0.15, 0.2) is 41.8 Å².